The van der Waals surface area contributed by atoms with Gasteiger partial charge in [-0.3, -0.25) is 4.79 Å². The monoisotopic (exact) mass is 648 g/mol. The van der Waals surface area contributed by atoms with Gasteiger partial charge in [-0.25, -0.2) is 0 Å². The molecule has 1 saturated heterocycles. The predicted octanol–water partition coefficient (Wildman–Crippen LogP) is 4.12. The first-order chi connectivity index (χ1) is 21.4. The van der Waals surface area contributed by atoms with Crippen LogP contribution in [0.4, 0.5) is 0 Å². The van der Waals surface area contributed by atoms with Crippen LogP contribution >= 0.6 is 0 Å². The molecular formula is C37H60O9. The largest absolute Gasteiger partial charge is 0.469 e. The van der Waals surface area contributed by atoms with Gasteiger partial charge in [0.1, 0.15) is 24.4 Å². The predicted molar refractivity (Wildman–Crippen MR) is 171 cm³/mol. The smallest absolute Gasteiger partial charge is 0.312 e. The van der Waals surface area contributed by atoms with Gasteiger partial charge < -0.3 is 39.7 Å². The third-order valence-corrected chi connectivity index (χ3v) is 15.4. The van der Waals surface area contributed by atoms with E-state index in [1.807, 2.05) is 0 Å². The number of aliphatic hydroxyl groups excluding tert-OH is 5. The van der Waals surface area contributed by atoms with Crippen LogP contribution in [-0.2, 0) is 19.0 Å². The Balaban J connectivity index is 1.27. The van der Waals surface area contributed by atoms with Crippen LogP contribution in [0.1, 0.15) is 106 Å². The molecule has 1 aliphatic heterocycles. The molecule has 5 N–H and O–H groups in total. The number of methoxy groups -OCH3 is 1. The van der Waals surface area contributed by atoms with Gasteiger partial charge in [0, 0.05) is 5.41 Å². The first-order valence-corrected chi connectivity index (χ1v) is 17.8. The maximum atomic E-state index is 13.5. The quantitative estimate of drug-likeness (QED) is 0.212. The van der Waals surface area contributed by atoms with E-state index in [0.717, 1.165) is 64.2 Å². The van der Waals surface area contributed by atoms with Crippen LogP contribution in [-0.4, -0.2) is 88.6 Å². The van der Waals surface area contributed by atoms with E-state index < -0.39 is 42.7 Å². The van der Waals surface area contributed by atoms with E-state index in [4.69, 9.17) is 14.2 Å². The number of rotatable bonds is 6. The molecule has 1 heterocycles. The summed E-state index contributed by atoms with van der Waals surface area (Å²) in [6, 6.07) is 0. The second-order valence-electron chi connectivity index (χ2n) is 17.9. The number of hydrogen-bond acceptors (Lipinski definition) is 9. The van der Waals surface area contributed by atoms with Crippen molar-refractivity contribution in [2.75, 3.05) is 20.3 Å². The third kappa shape index (κ3) is 4.76. The maximum absolute atomic E-state index is 13.5. The molecule has 46 heavy (non-hydrogen) atoms. The van der Waals surface area contributed by atoms with Gasteiger partial charge in [0.2, 0.25) is 0 Å². The van der Waals surface area contributed by atoms with Crippen molar-refractivity contribution in [3.8, 4) is 0 Å². The molecule has 6 aliphatic rings. The standard InChI is InChI=1S/C37H60O9/c1-32(2)14-16-37(31(43)44-7)17-15-35(5)21(22(37)18-32)8-9-25-33(3)12-11-26-34(4,24(33)10-13-36(25,35)6)20-45-30(46-26)29(42)28(41)27(40)23(39)19-38/h8,22-30,38-42H,9-20H2,1-7H3/t22-,23+,24+,25+,26-,27+,28-,29+,30+,33-,34-,35+,36+,37-/m0/s1. The van der Waals surface area contributed by atoms with E-state index in [2.05, 4.69) is 47.6 Å². The molecule has 5 aliphatic carbocycles. The lowest BCUT2D eigenvalue weighted by molar-refractivity contribution is -0.341. The lowest BCUT2D eigenvalue weighted by atomic mass is 9.33. The highest BCUT2D eigenvalue weighted by molar-refractivity contribution is 5.78. The van der Waals surface area contributed by atoms with E-state index in [1.54, 1.807) is 7.11 Å². The highest BCUT2D eigenvalue weighted by Crippen LogP contribution is 2.76. The summed E-state index contributed by atoms with van der Waals surface area (Å²) in [6.07, 6.45) is 4.42. The van der Waals surface area contributed by atoms with E-state index in [9.17, 15) is 30.3 Å². The number of fused-ring (bicyclic) bond motifs is 9. The van der Waals surface area contributed by atoms with E-state index in [1.165, 1.54) is 5.57 Å². The van der Waals surface area contributed by atoms with Crippen molar-refractivity contribution in [1.82, 2.24) is 0 Å². The molecule has 0 aromatic rings. The van der Waals surface area contributed by atoms with Crippen molar-refractivity contribution in [1.29, 1.82) is 0 Å². The summed E-state index contributed by atoms with van der Waals surface area (Å²) in [5.74, 6) is 1.01. The van der Waals surface area contributed by atoms with Crippen LogP contribution in [0.3, 0.4) is 0 Å². The lowest BCUT2D eigenvalue weighted by Gasteiger charge is -2.72. The van der Waals surface area contributed by atoms with Gasteiger partial charge >= 0.3 is 5.97 Å². The molecule has 0 aromatic carbocycles. The number of carbonyl (C=O) groups is 1. The Morgan fingerprint density at radius 1 is 0.913 bits per heavy atom. The van der Waals surface area contributed by atoms with Gasteiger partial charge in [-0.15, -0.1) is 0 Å². The van der Waals surface area contributed by atoms with Crippen LogP contribution in [0.2, 0.25) is 0 Å². The molecular weight excluding hydrogens is 588 g/mol. The van der Waals surface area contributed by atoms with Crippen LogP contribution in [0.15, 0.2) is 11.6 Å². The topological polar surface area (TPSA) is 146 Å². The summed E-state index contributed by atoms with van der Waals surface area (Å²) in [5, 5.41) is 50.5. The zero-order valence-corrected chi connectivity index (χ0v) is 29.1. The van der Waals surface area contributed by atoms with Crippen molar-refractivity contribution in [3.63, 3.8) is 0 Å². The van der Waals surface area contributed by atoms with Gasteiger partial charge in [-0.1, -0.05) is 53.2 Å². The summed E-state index contributed by atoms with van der Waals surface area (Å²) in [6.45, 7) is 14.2. The molecule has 262 valence electrons. The molecule has 6 rings (SSSR count). The Morgan fingerprint density at radius 3 is 2.28 bits per heavy atom. The van der Waals surface area contributed by atoms with E-state index in [0.29, 0.717) is 18.4 Å². The Morgan fingerprint density at radius 2 is 1.61 bits per heavy atom. The van der Waals surface area contributed by atoms with Gasteiger partial charge in [0.15, 0.2) is 6.29 Å². The van der Waals surface area contributed by atoms with Crippen LogP contribution in [0.5, 0.6) is 0 Å². The summed E-state index contributed by atoms with van der Waals surface area (Å²) < 4.78 is 18.0. The summed E-state index contributed by atoms with van der Waals surface area (Å²) in [7, 11) is 1.56. The molecule has 0 spiro atoms. The molecule has 0 unspecified atom stereocenters. The fraction of sp³-hybridized carbons (Fsp3) is 0.919. The molecule has 0 bridgehead atoms. The lowest BCUT2D eigenvalue weighted by Crippen LogP contribution is -2.68. The zero-order chi connectivity index (χ0) is 33.7. The molecule has 14 atom stereocenters. The van der Waals surface area contributed by atoms with Crippen LogP contribution < -0.4 is 0 Å². The number of carbonyl (C=O) groups excluding carboxylic acids is 1. The number of esters is 1. The summed E-state index contributed by atoms with van der Waals surface area (Å²) in [5.41, 5.74) is 1.14. The minimum atomic E-state index is -1.73. The second kappa shape index (κ2) is 11.5. The van der Waals surface area contributed by atoms with E-state index in [-0.39, 0.29) is 45.1 Å². The second-order valence-corrected chi connectivity index (χ2v) is 17.9. The molecule has 4 saturated carbocycles. The van der Waals surface area contributed by atoms with Crippen LogP contribution in [0, 0.1) is 50.2 Å². The van der Waals surface area contributed by atoms with E-state index >= 15 is 0 Å². The van der Waals surface area contributed by atoms with Gasteiger partial charge in [-0.05, 0) is 104 Å². The van der Waals surface area contributed by atoms with Crippen molar-refractivity contribution < 1.29 is 44.5 Å². The molecule has 0 radical (unpaired) electrons. The fourth-order valence-corrected chi connectivity index (χ4v) is 12.4. The molecule has 0 aromatic heterocycles. The van der Waals surface area contributed by atoms with Crippen molar-refractivity contribution >= 4 is 5.97 Å². The SMILES string of the molecule is COC(=O)[C@]12CCC(C)(C)C[C@H]1C1=CC[C@@H]3[C@@]4(C)CC[C@@H]5O[C@H]([C@H](O)[C@@H](O)[C@H](O)[C@H](O)CO)OC[C@@]5(C)[C@@H]4CC[C@@]3(C)[C@]1(C)CC2. The minimum absolute atomic E-state index is 0.00212. The van der Waals surface area contributed by atoms with Gasteiger partial charge in [0.25, 0.3) is 0 Å². The Hall–Kier alpha value is -1.07. The fourth-order valence-electron chi connectivity index (χ4n) is 12.4. The van der Waals surface area contributed by atoms with Gasteiger partial charge in [-0.2, -0.15) is 0 Å². The summed E-state index contributed by atoms with van der Waals surface area (Å²) >= 11 is 0. The first-order valence-electron chi connectivity index (χ1n) is 17.8. The maximum Gasteiger partial charge on any atom is 0.312 e. The third-order valence-electron chi connectivity index (χ3n) is 15.4. The number of allylic oxidation sites excluding steroid dienone is 2. The van der Waals surface area contributed by atoms with Crippen molar-refractivity contribution in [3.05, 3.63) is 11.6 Å². The van der Waals surface area contributed by atoms with Crippen molar-refractivity contribution in [2.45, 2.75) is 143 Å². The first kappa shape index (κ1) is 34.8. The zero-order valence-electron chi connectivity index (χ0n) is 29.1. The van der Waals surface area contributed by atoms with Crippen molar-refractivity contribution in [2.24, 2.45) is 50.2 Å². The number of ether oxygens (including phenoxy) is 3. The average Bonchev–Trinajstić information content (AvgIpc) is 3.02. The molecule has 0 amide bonds. The molecule has 9 nitrogen and oxygen atoms in total. The Kier molecular flexibility index (Phi) is 8.69. The van der Waals surface area contributed by atoms with Gasteiger partial charge in [0.05, 0.1) is 31.8 Å². The number of aliphatic hydroxyl groups is 5. The Labute approximate surface area is 275 Å². The number of hydrogen-bond donors (Lipinski definition) is 5. The highest BCUT2D eigenvalue weighted by atomic mass is 16.7. The van der Waals surface area contributed by atoms with Crippen LogP contribution in [0.25, 0.3) is 0 Å². The summed E-state index contributed by atoms with van der Waals surface area (Å²) in [4.78, 5) is 13.5. The minimum Gasteiger partial charge on any atom is -0.469 e. The average molecular weight is 649 g/mol. The molecule has 9 heteroatoms. The normalized spacial score (nSPS) is 49.0. The Bertz CT molecular complexity index is 1220. The molecule has 5 fully saturated rings. The highest BCUT2D eigenvalue weighted by Gasteiger charge is 2.70.